The third-order valence-electron chi connectivity index (χ3n) is 1.76. The van der Waals surface area contributed by atoms with Crippen LogP contribution in [0.15, 0.2) is 24.7 Å². The van der Waals surface area contributed by atoms with Crippen molar-refractivity contribution in [1.82, 2.24) is 25.7 Å². The molecular formula is C8H9N5O. The molecule has 0 saturated heterocycles. The average Bonchev–Trinajstić information content (AvgIpc) is 2.87. The number of rotatable bonds is 3. The van der Waals surface area contributed by atoms with Crippen LogP contribution in [-0.2, 0) is 6.54 Å². The fourth-order valence-electron chi connectivity index (χ4n) is 1.05. The molecule has 0 aromatic carbocycles. The number of nitrogens with zero attached hydrogens (tertiary/aromatic N) is 2. The highest BCUT2D eigenvalue weighted by Gasteiger charge is 2.07. The summed E-state index contributed by atoms with van der Waals surface area (Å²) in [7, 11) is 0. The van der Waals surface area contributed by atoms with Gasteiger partial charge in [0.25, 0.3) is 5.91 Å². The highest BCUT2D eigenvalue weighted by atomic mass is 16.1. The summed E-state index contributed by atoms with van der Waals surface area (Å²) in [6.45, 7) is 0.481. The first-order valence-corrected chi connectivity index (χ1v) is 4.12. The Balaban J connectivity index is 1.90. The van der Waals surface area contributed by atoms with Gasteiger partial charge >= 0.3 is 0 Å². The summed E-state index contributed by atoms with van der Waals surface area (Å²) < 4.78 is 0. The van der Waals surface area contributed by atoms with Gasteiger partial charge in [0, 0.05) is 18.9 Å². The minimum Gasteiger partial charge on any atom is -0.367 e. The van der Waals surface area contributed by atoms with Crippen LogP contribution in [0.1, 0.15) is 16.1 Å². The third kappa shape index (κ3) is 1.79. The lowest BCUT2D eigenvalue weighted by Gasteiger charge is -1.99. The van der Waals surface area contributed by atoms with Crippen LogP contribution in [0.3, 0.4) is 0 Å². The fourth-order valence-corrected chi connectivity index (χ4v) is 1.05. The van der Waals surface area contributed by atoms with Crippen LogP contribution >= 0.6 is 0 Å². The SMILES string of the molecule is O=C(NCc1cc[nH]c1)c1cn[nH]n1. The van der Waals surface area contributed by atoms with E-state index in [4.69, 9.17) is 0 Å². The molecule has 0 atom stereocenters. The Morgan fingerprint density at radius 1 is 1.57 bits per heavy atom. The Hall–Kier alpha value is -2.11. The summed E-state index contributed by atoms with van der Waals surface area (Å²) in [4.78, 5) is 14.3. The van der Waals surface area contributed by atoms with Crippen LogP contribution in [0, 0.1) is 0 Å². The van der Waals surface area contributed by atoms with E-state index in [0.29, 0.717) is 12.2 Å². The van der Waals surface area contributed by atoms with Gasteiger partial charge in [-0.2, -0.15) is 15.4 Å². The van der Waals surface area contributed by atoms with Crippen molar-refractivity contribution in [2.45, 2.75) is 6.54 Å². The molecule has 0 unspecified atom stereocenters. The highest BCUT2D eigenvalue weighted by Crippen LogP contribution is 1.96. The minimum atomic E-state index is -0.236. The molecule has 2 aromatic heterocycles. The molecule has 0 aliphatic rings. The summed E-state index contributed by atoms with van der Waals surface area (Å²) in [6, 6.07) is 1.89. The number of hydrogen-bond donors (Lipinski definition) is 3. The van der Waals surface area contributed by atoms with Gasteiger partial charge in [-0.3, -0.25) is 4.79 Å². The van der Waals surface area contributed by atoms with E-state index >= 15 is 0 Å². The van der Waals surface area contributed by atoms with E-state index in [0.717, 1.165) is 5.56 Å². The molecule has 2 aromatic rings. The summed E-state index contributed by atoms with van der Waals surface area (Å²) in [6.07, 6.45) is 5.01. The molecule has 1 amide bonds. The van der Waals surface area contributed by atoms with E-state index in [9.17, 15) is 4.79 Å². The molecule has 14 heavy (non-hydrogen) atoms. The molecule has 6 heteroatoms. The van der Waals surface area contributed by atoms with Crippen LogP contribution in [0.2, 0.25) is 0 Å². The van der Waals surface area contributed by atoms with Crippen molar-refractivity contribution < 1.29 is 4.79 Å². The van der Waals surface area contributed by atoms with Crippen molar-refractivity contribution in [3.8, 4) is 0 Å². The van der Waals surface area contributed by atoms with E-state index < -0.39 is 0 Å². The fraction of sp³-hybridized carbons (Fsp3) is 0.125. The van der Waals surface area contributed by atoms with Crippen molar-refractivity contribution in [3.63, 3.8) is 0 Å². The van der Waals surface area contributed by atoms with Crippen molar-refractivity contribution in [3.05, 3.63) is 35.9 Å². The number of amides is 1. The minimum absolute atomic E-state index is 0.236. The Morgan fingerprint density at radius 2 is 2.50 bits per heavy atom. The number of H-pyrrole nitrogens is 2. The van der Waals surface area contributed by atoms with Crippen molar-refractivity contribution in [2.24, 2.45) is 0 Å². The molecule has 0 bridgehead atoms. The van der Waals surface area contributed by atoms with E-state index in [1.165, 1.54) is 6.20 Å². The van der Waals surface area contributed by atoms with E-state index in [1.54, 1.807) is 6.20 Å². The number of hydrogen-bond acceptors (Lipinski definition) is 3. The maximum atomic E-state index is 11.4. The van der Waals surface area contributed by atoms with Gasteiger partial charge in [-0.15, -0.1) is 0 Å². The molecule has 72 valence electrons. The first-order valence-electron chi connectivity index (χ1n) is 4.12. The van der Waals surface area contributed by atoms with Gasteiger partial charge in [-0.05, 0) is 11.6 Å². The molecule has 0 fully saturated rings. The predicted molar refractivity (Wildman–Crippen MR) is 48.3 cm³/mol. The Morgan fingerprint density at radius 3 is 3.14 bits per heavy atom. The lowest BCUT2D eigenvalue weighted by atomic mass is 10.3. The lowest BCUT2D eigenvalue weighted by Crippen LogP contribution is -2.22. The zero-order valence-corrected chi connectivity index (χ0v) is 7.32. The molecule has 0 aliphatic heterocycles. The largest absolute Gasteiger partial charge is 0.367 e. The van der Waals surface area contributed by atoms with Gasteiger partial charge in [0.2, 0.25) is 0 Å². The maximum Gasteiger partial charge on any atom is 0.273 e. The highest BCUT2D eigenvalue weighted by molar-refractivity contribution is 5.91. The van der Waals surface area contributed by atoms with Crippen LogP contribution in [0.4, 0.5) is 0 Å². The third-order valence-corrected chi connectivity index (χ3v) is 1.76. The van der Waals surface area contributed by atoms with Crippen molar-refractivity contribution >= 4 is 5.91 Å². The van der Waals surface area contributed by atoms with E-state index in [-0.39, 0.29) is 5.91 Å². The van der Waals surface area contributed by atoms with E-state index in [1.807, 2.05) is 12.3 Å². The first kappa shape index (κ1) is 8.49. The topological polar surface area (TPSA) is 86.5 Å². The Bertz CT molecular complexity index is 391. The molecule has 0 aliphatic carbocycles. The van der Waals surface area contributed by atoms with Gasteiger partial charge < -0.3 is 10.3 Å². The molecular weight excluding hydrogens is 182 g/mol. The number of carbonyl (C=O) groups excluding carboxylic acids is 1. The van der Waals surface area contributed by atoms with Gasteiger partial charge in [-0.1, -0.05) is 0 Å². The quantitative estimate of drug-likeness (QED) is 0.641. The van der Waals surface area contributed by atoms with Crippen LogP contribution in [0.5, 0.6) is 0 Å². The number of aromatic amines is 2. The van der Waals surface area contributed by atoms with Gasteiger partial charge in [-0.25, -0.2) is 0 Å². The normalized spacial score (nSPS) is 10.0. The standard InChI is InChI=1S/C8H9N5O/c14-8(7-5-11-13-12-7)10-4-6-1-2-9-3-6/h1-3,5,9H,4H2,(H,10,14)(H,11,12,13). The second-order valence-electron chi connectivity index (χ2n) is 2.76. The monoisotopic (exact) mass is 191 g/mol. The van der Waals surface area contributed by atoms with Crippen molar-refractivity contribution in [1.29, 1.82) is 0 Å². The van der Waals surface area contributed by atoms with Crippen LogP contribution in [0.25, 0.3) is 0 Å². The second-order valence-corrected chi connectivity index (χ2v) is 2.76. The second kappa shape index (κ2) is 3.73. The summed E-state index contributed by atoms with van der Waals surface area (Å²) in [5, 5.41) is 12.3. The molecule has 3 N–H and O–H groups in total. The molecule has 2 heterocycles. The lowest BCUT2D eigenvalue weighted by molar-refractivity contribution is 0.0946. The van der Waals surface area contributed by atoms with Gasteiger partial charge in [0.1, 0.15) is 0 Å². The zero-order valence-electron chi connectivity index (χ0n) is 7.32. The maximum absolute atomic E-state index is 11.4. The van der Waals surface area contributed by atoms with Crippen LogP contribution < -0.4 is 5.32 Å². The first-order chi connectivity index (χ1) is 6.86. The Labute approximate surface area is 79.7 Å². The van der Waals surface area contributed by atoms with Crippen LogP contribution in [-0.4, -0.2) is 26.3 Å². The average molecular weight is 191 g/mol. The molecule has 0 spiro atoms. The molecule has 0 radical (unpaired) electrons. The smallest absolute Gasteiger partial charge is 0.273 e. The number of carbonyl (C=O) groups is 1. The summed E-state index contributed by atoms with van der Waals surface area (Å²) in [5.41, 5.74) is 1.31. The molecule has 6 nitrogen and oxygen atoms in total. The summed E-state index contributed by atoms with van der Waals surface area (Å²) in [5.74, 6) is -0.236. The molecule has 0 saturated carbocycles. The number of aromatic nitrogens is 4. The zero-order chi connectivity index (χ0) is 9.80. The predicted octanol–water partition coefficient (Wildman–Crippen LogP) is 0.0628. The number of nitrogens with one attached hydrogen (secondary N) is 3. The van der Waals surface area contributed by atoms with Gasteiger partial charge in [0.05, 0.1) is 6.20 Å². The Kier molecular flexibility index (Phi) is 2.26. The molecule has 2 rings (SSSR count). The summed E-state index contributed by atoms with van der Waals surface area (Å²) >= 11 is 0. The van der Waals surface area contributed by atoms with Crippen molar-refractivity contribution in [2.75, 3.05) is 0 Å². The van der Waals surface area contributed by atoms with Gasteiger partial charge in [0.15, 0.2) is 5.69 Å². The van der Waals surface area contributed by atoms with E-state index in [2.05, 4.69) is 25.7 Å².